The SMILES string of the molecule is Cn1ccnc1-c1nc(OC2C[C@@H](C(N)=O)N(C(=O)C(CCCCC/C=C\[C@@H]3C[C@@H]3C(=O)O)NC(=O)CC3CC3)C2)c2sccc2n1. The first-order valence-electron chi connectivity index (χ1n) is 16.4. The molecule has 2 unspecified atom stereocenters. The zero-order valence-electron chi connectivity index (χ0n) is 26.4. The number of carboxylic acids is 1. The minimum atomic E-state index is -0.882. The van der Waals surface area contributed by atoms with Crippen LogP contribution in [0, 0.1) is 17.8 Å². The number of aliphatic carboxylic acids is 1. The van der Waals surface area contributed by atoms with Crippen molar-refractivity contribution < 1.29 is 29.0 Å². The average Bonchev–Trinajstić information content (AvgIpc) is 3.84. The summed E-state index contributed by atoms with van der Waals surface area (Å²) in [5.41, 5.74) is 6.52. The van der Waals surface area contributed by atoms with Gasteiger partial charge in [0.15, 0.2) is 11.6 Å². The second-order valence-corrected chi connectivity index (χ2v) is 13.8. The smallest absolute Gasteiger partial charge is 0.307 e. The van der Waals surface area contributed by atoms with Gasteiger partial charge in [-0.3, -0.25) is 19.2 Å². The molecule has 3 aromatic heterocycles. The van der Waals surface area contributed by atoms with Gasteiger partial charge in [-0.2, -0.15) is 4.98 Å². The van der Waals surface area contributed by atoms with Crippen molar-refractivity contribution in [2.24, 2.45) is 30.5 Å². The number of nitrogens with two attached hydrogens (primary N) is 1. The van der Waals surface area contributed by atoms with Crippen molar-refractivity contribution >= 4 is 45.2 Å². The quantitative estimate of drug-likeness (QED) is 0.153. The molecule has 0 aromatic carbocycles. The predicted octanol–water partition coefficient (Wildman–Crippen LogP) is 3.44. The number of nitrogens with one attached hydrogen (secondary N) is 1. The zero-order chi connectivity index (χ0) is 33.1. The van der Waals surface area contributed by atoms with Gasteiger partial charge in [-0.1, -0.05) is 25.0 Å². The van der Waals surface area contributed by atoms with Crippen molar-refractivity contribution in [3.05, 3.63) is 36.0 Å². The largest absolute Gasteiger partial charge is 0.481 e. The molecule has 3 aliphatic rings. The summed E-state index contributed by atoms with van der Waals surface area (Å²) in [6.07, 6.45) is 14.0. The van der Waals surface area contributed by atoms with Crippen molar-refractivity contribution in [3.63, 3.8) is 0 Å². The summed E-state index contributed by atoms with van der Waals surface area (Å²) in [5, 5.41) is 13.9. The Bertz CT molecular complexity index is 1670. The number of aryl methyl sites for hydroxylation is 1. The molecule has 4 N–H and O–H groups in total. The van der Waals surface area contributed by atoms with Crippen LogP contribution in [0.2, 0.25) is 0 Å². The van der Waals surface area contributed by atoms with Gasteiger partial charge in [-0.15, -0.1) is 11.3 Å². The van der Waals surface area contributed by atoms with Crippen molar-refractivity contribution in [3.8, 4) is 17.5 Å². The third kappa shape index (κ3) is 7.98. The highest BCUT2D eigenvalue weighted by Crippen LogP contribution is 2.40. The number of hydrogen-bond donors (Lipinski definition) is 3. The summed E-state index contributed by atoms with van der Waals surface area (Å²) in [6, 6.07) is 0.218. The molecule has 1 saturated heterocycles. The zero-order valence-corrected chi connectivity index (χ0v) is 27.2. The molecule has 47 heavy (non-hydrogen) atoms. The molecule has 0 radical (unpaired) electrons. The lowest BCUT2D eigenvalue weighted by atomic mass is 10.0. The Morgan fingerprint density at radius 2 is 2.02 bits per heavy atom. The van der Waals surface area contributed by atoms with Gasteiger partial charge in [0, 0.05) is 32.3 Å². The fourth-order valence-electron chi connectivity index (χ4n) is 6.22. The number of hydrogen-bond acceptors (Lipinski definition) is 9. The Morgan fingerprint density at radius 3 is 2.72 bits per heavy atom. The predicted molar refractivity (Wildman–Crippen MR) is 174 cm³/mol. The topological polar surface area (TPSA) is 183 Å². The highest BCUT2D eigenvalue weighted by molar-refractivity contribution is 7.17. The highest BCUT2D eigenvalue weighted by atomic mass is 32.1. The summed E-state index contributed by atoms with van der Waals surface area (Å²) in [6.45, 7) is 0.124. The molecule has 14 heteroatoms. The van der Waals surface area contributed by atoms with Gasteiger partial charge in [0.2, 0.25) is 23.6 Å². The molecule has 250 valence electrons. The number of carboxylic acid groups (broad SMARTS) is 1. The number of thiophene rings is 1. The lowest BCUT2D eigenvalue weighted by molar-refractivity contribution is -0.141. The summed E-state index contributed by atoms with van der Waals surface area (Å²) in [7, 11) is 1.85. The minimum Gasteiger partial charge on any atom is -0.481 e. The third-order valence-corrected chi connectivity index (χ3v) is 10.0. The number of aromatic nitrogens is 4. The molecule has 3 fully saturated rings. The van der Waals surface area contributed by atoms with E-state index in [0.717, 1.165) is 36.8 Å². The van der Waals surface area contributed by atoms with E-state index in [1.807, 2.05) is 35.2 Å². The molecule has 3 aromatic rings. The highest BCUT2D eigenvalue weighted by Gasteiger charge is 2.43. The Labute approximate surface area is 276 Å². The van der Waals surface area contributed by atoms with E-state index in [-0.39, 0.29) is 36.6 Å². The maximum atomic E-state index is 14.0. The van der Waals surface area contributed by atoms with Gasteiger partial charge >= 0.3 is 5.97 Å². The molecule has 3 amide bonds. The molecule has 13 nitrogen and oxygen atoms in total. The Hall–Kier alpha value is -4.33. The number of ether oxygens (including phenoxy) is 1. The van der Waals surface area contributed by atoms with Crippen LogP contribution in [0.5, 0.6) is 5.88 Å². The fraction of sp³-hybridized carbons (Fsp3) is 0.545. The van der Waals surface area contributed by atoms with Gasteiger partial charge in [0.1, 0.15) is 22.9 Å². The first kappa shape index (κ1) is 32.6. The number of fused-ring (bicyclic) bond motifs is 1. The average molecular weight is 664 g/mol. The first-order chi connectivity index (χ1) is 22.7. The molecule has 2 saturated carbocycles. The maximum Gasteiger partial charge on any atom is 0.307 e. The van der Waals surface area contributed by atoms with Gasteiger partial charge in [-0.25, -0.2) is 9.97 Å². The van der Waals surface area contributed by atoms with E-state index < -0.39 is 30.1 Å². The molecule has 0 spiro atoms. The van der Waals surface area contributed by atoms with E-state index in [4.69, 9.17) is 15.6 Å². The molecule has 1 aliphatic heterocycles. The molecule has 0 bridgehead atoms. The number of unbranched alkanes of at least 4 members (excludes halogenated alkanes) is 3. The third-order valence-electron chi connectivity index (χ3n) is 9.15. The van der Waals surface area contributed by atoms with E-state index in [1.165, 1.54) is 16.2 Å². The fourth-order valence-corrected chi connectivity index (χ4v) is 6.98. The van der Waals surface area contributed by atoms with Crippen LogP contribution >= 0.6 is 11.3 Å². The van der Waals surface area contributed by atoms with Gasteiger partial charge in [0.25, 0.3) is 0 Å². The molecule has 6 rings (SSSR count). The summed E-state index contributed by atoms with van der Waals surface area (Å²) in [5.74, 6) is -0.269. The van der Waals surface area contributed by atoms with E-state index in [2.05, 4.69) is 20.3 Å². The Kier molecular flexibility index (Phi) is 9.85. The lowest BCUT2D eigenvalue weighted by Crippen LogP contribution is -2.53. The lowest BCUT2D eigenvalue weighted by Gasteiger charge is -2.27. The van der Waals surface area contributed by atoms with Crippen LogP contribution in [0.15, 0.2) is 36.0 Å². The summed E-state index contributed by atoms with van der Waals surface area (Å²) in [4.78, 5) is 65.6. The number of likely N-dealkylation sites (tertiary alicyclic amines) is 1. The summed E-state index contributed by atoms with van der Waals surface area (Å²) >= 11 is 1.44. The van der Waals surface area contributed by atoms with Gasteiger partial charge in [-0.05, 0) is 61.8 Å². The van der Waals surface area contributed by atoms with E-state index in [9.17, 15) is 19.2 Å². The molecule has 2 aliphatic carbocycles. The van der Waals surface area contributed by atoms with Gasteiger partial charge < -0.3 is 30.4 Å². The van der Waals surface area contributed by atoms with E-state index >= 15 is 0 Å². The number of primary amides is 1. The van der Waals surface area contributed by atoms with Crippen LogP contribution in [0.4, 0.5) is 0 Å². The standard InChI is InChI=1S/C33H41N7O6S/c1-39-13-12-35-30(39)29-37-23-11-14-47-27(23)31(38-29)46-21-17-25(28(34)42)40(18-21)32(43)24(36-26(41)15-19-9-10-19)8-6-4-2-3-5-7-20-16-22(20)33(44)45/h5,7,11-14,19-22,24-25H,2-4,6,8-10,15-18H2,1H3,(H2,34,42)(H,36,41)(H,44,45)/b7-5-/t20-,21?,22+,24?,25+/m1/s1. The van der Waals surface area contributed by atoms with Crippen LogP contribution in [-0.4, -0.2) is 77.9 Å². The van der Waals surface area contributed by atoms with Crippen molar-refractivity contribution in [2.45, 2.75) is 82.4 Å². The van der Waals surface area contributed by atoms with Crippen molar-refractivity contribution in [2.75, 3.05) is 6.54 Å². The van der Waals surface area contributed by atoms with E-state index in [0.29, 0.717) is 54.6 Å². The number of imidazole rings is 1. The molecular formula is C33H41N7O6S. The van der Waals surface area contributed by atoms with Gasteiger partial charge in [0.05, 0.1) is 18.0 Å². The molecule has 4 heterocycles. The number of carbonyl (C=O) groups is 4. The van der Waals surface area contributed by atoms with Crippen LogP contribution in [0.3, 0.4) is 0 Å². The normalized spacial score (nSPS) is 22.9. The molecule has 5 atom stereocenters. The van der Waals surface area contributed by atoms with Crippen LogP contribution in [0.1, 0.15) is 64.2 Å². The van der Waals surface area contributed by atoms with Crippen LogP contribution in [-0.2, 0) is 26.2 Å². The van der Waals surface area contributed by atoms with E-state index in [1.54, 1.807) is 12.4 Å². The number of allylic oxidation sites excluding steroid dienone is 2. The number of amides is 3. The minimum absolute atomic E-state index is 0.124. The van der Waals surface area contributed by atoms with Crippen molar-refractivity contribution in [1.29, 1.82) is 0 Å². The first-order valence-corrected chi connectivity index (χ1v) is 17.2. The molecular weight excluding hydrogens is 622 g/mol. The monoisotopic (exact) mass is 663 g/mol. The second kappa shape index (κ2) is 14.2. The number of carbonyl (C=O) groups excluding carboxylic acids is 3. The van der Waals surface area contributed by atoms with Crippen LogP contribution < -0.4 is 15.8 Å². The van der Waals surface area contributed by atoms with Crippen molar-refractivity contribution in [1.82, 2.24) is 29.7 Å². The summed E-state index contributed by atoms with van der Waals surface area (Å²) < 4.78 is 8.95. The number of nitrogens with zero attached hydrogens (tertiary/aromatic N) is 5. The Morgan fingerprint density at radius 1 is 1.19 bits per heavy atom. The second-order valence-electron chi connectivity index (χ2n) is 12.9. The Balaban J connectivity index is 1.11. The number of rotatable bonds is 16. The maximum absolute atomic E-state index is 14.0. The van der Waals surface area contributed by atoms with Crippen LogP contribution in [0.25, 0.3) is 21.9 Å².